The molecule has 0 amide bonds. The van der Waals surface area contributed by atoms with Crippen LogP contribution in [0.2, 0.25) is 0 Å². The Morgan fingerprint density at radius 1 is 1.05 bits per heavy atom. The second-order valence-corrected chi connectivity index (χ2v) is 5.78. The molecule has 2 aromatic rings. The fourth-order valence-electron chi connectivity index (χ4n) is 1.75. The van der Waals surface area contributed by atoms with Crippen LogP contribution < -0.4 is 4.74 Å². The molecule has 0 fully saturated rings. The highest BCUT2D eigenvalue weighted by atomic mass is 79.9. The molecule has 0 bridgehead atoms. The van der Waals surface area contributed by atoms with Gasteiger partial charge < -0.3 is 4.74 Å². The number of hydrogen-bond acceptors (Lipinski definition) is 2. The molecule has 2 nitrogen and oxygen atoms in total. The van der Waals surface area contributed by atoms with Gasteiger partial charge in [-0.3, -0.25) is 4.79 Å². The van der Waals surface area contributed by atoms with Crippen molar-refractivity contribution in [2.45, 2.75) is 6.92 Å². The van der Waals surface area contributed by atoms with E-state index in [1.54, 1.807) is 24.3 Å². The molecule has 0 spiro atoms. The van der Waals surface area contributed by atoms with E-state index < -0.39 is 0 Å². The normalized spacial score (nSPS) is 10.3. The van der Waals surface area contributed by atoms with Crippen LogP contribution in [0.15, 0.2) is 51.4 Å². The smallest absolute Gasteiger partial charge is 0.193 e. The third-order valence-corrected chi connectivity index (χ3v) is 3.45. The highest BCUT2D eigenvalue weighted by molar-refractivity contribution is 9.11. The number of ketones is 1. The number of carbonyl (C=O) groups excluding carboxylic acids is 1. The maximum absolute atomic E-state index is 12.4. The lowest BCUT2D eigenvalue weighted by Crippen LogP contribution is -2.02. The highest BCUT2D eigenvalue weighted by Crippen LogP contribution is 2.23. The third kappa shape index (κ3) is 3.67. The van der Waals surface area contributed by atoms with Gasteiger partial charge >= 0.3 is 0 Å². The van der Waals surface area contributed by atoms with Crippen LogP contribution in [-0.2, 0) is 0 Å². The molecule has 0 saturated heterocycles. The first-order chi connectivity index (χ1) is 9.10. The SMILES string of the molecule is CCOc1cccc(C(=O)c2cc(Br)cc(Br)c2)c1. The fraction of sp³-hybridized carbons (Fsp3) is 0.133. The molecule has 98 valence electrons. The van der Waals surface area contributed by atoms with Crippen molar-refractivity contribution in [3.05, 3.63) is 62.5 Å². The lowest BCUT2D eigenvalue weighted by molar-refractivity contribution is 0.103. The van der Waals surface area contributed by atoms with Gasteiger partial charge in [-0.15, -0.1) is 0 Å². The molecule has 2 aromatic carbocycles. The zero-order valence-corrected chi connectivity index (χ0v) is 13.5. The van der Waals surface area contributed by atoms with Crippen molar-refractivity contribution >= 4 is 37.6 Å². The topological polar surface area (TPSA) is 26.3 Å². The van der Waals surface area contributed by atoms with Crippen LogP contribution >= 0.6 is 31.9 Å². The van der Waals surface area contributed by atoms with Crippen LogP contribution in [0.25, 0.3) is 0 Å². The summed E-state index contributed by atoms with van der Waals surface area (Å²) in [6.45, 7) is 2.50. The number of carbonyl (C=O) groups is 1. The number of ether oxygens (including phenoxy) is 1. The van der Waals surface area contributed by atoms with E-state index in [0.29, 0.717) is 23.5 Å². The Hall–Kier alpha value is -1.13. The Bertz CT molecular complexity index is 589. The summed E-state index contributed by atoms with van der Waals surface area (Å²) in [6, 6.07) is 12.7. The van der Waals surface area contributed by atoms with Gasteiger partial charge in [-0.1, -0.05) is 44.0 Å². The van der Waals surface area contributed by atoms with Gasteiger partial charge in [-0.25, -0.2) is 0 Å². The van der Waals surface area contributed by atoms with E-state index in [0.717, 1.165) is 8.95 Å². The van der Waals surface area contributed by atoms with Gasteiger partial charge in [0.15, 0.2) is 5.78 Å². The Balaban J connectivity index is 2.35. The monoisotopic (exact) mass is 382 g/mol. The van der Waals surface area contributed by atoms with E-state index in [2.05, 4.69) is 31.9 Å². The Morgan fingerprint density at radius 3 is 2.37 bits per heavy atom. The molecule has 0 aliphatic heterocycles. The molecular formula is C15H12Br2O2. The van der Waals surface area contributed by atoms with Gasteiger partial charge in [0.25, 0.3) is 0 Å². The average molecular weight is 384 g/mol. The molecule has 2 rings (SSSR count). The second-order valence-electron chi connectivity index (χ2n) is 3.95. The molecule has 0 aromatic heterocycles. The van der Waals surface area contributed by atoms with E-state index in [1.165, 1.54) is 0 Å². The van der Waals surface area contributed by atoms with Crippen LogP contribution in [0.4, 0.5) is 0 Å². The van der Waals surface area contributed by atoms with E-state index >= 15 is 0 Å². The van der Waals surface area contributed by atoms with Crippen molar-refractivity contribution < 1.29 is 9.53 Å². The molecule has 0 aliphatic rings. The number of benzene rings is 2. The predicted molar refractivity (Wildman–Crippen MR) is 82.9 cm³/mol. The van der Waals surface area contributed by atoms with Crippen LogP contribution in [0, 0.1) is 0 Å². The van der Waals surface area contributed by atoms with Crippen molar-refractivity contribution in [2.24, 2.45) is 0 Å². The maximum atomic E-state index is 12.4. The van der Waals surface area contributed by atoms with Gasteiger partial charge in [0.05, 0.1) is 6.61 Å². The van der Waals surface area contributed by atoms with Crippen LogP contribution in [-0.4, -0.2) is 12.4 Å². The summed E-state index contributed by atoms with van der Waals surface area (Å²) in [7, 11) is 0. The minimum absolute atomic E-state index is 0.0245. The first-order valence-electron chi connectivity index (χ1n) is 5.84. The van der Waals surface area contributed by atoms with Crippen LogP contribution in [0.1, 0.15) is 22.8 Å². The van der Waals surface area contributed by atoms with Crippen molar-refractivity contribution in [2.75, 3.05) is 6.61 Å². The van der Waals surface area contributed by atoms with E-state index in [1.807, 2.05) is 25.1 Å². The highest BCUT2D eigenvalue weighted by Gasteiger charge is 2.11. The van der Waals surface area contributed by atoms with Crippen LogP contribution in [0.3, 0.4) is 0 Å². The van der Waals surface area contributed by atoms with Crippen molar-refractivity contribution in [1.82, 2.24) is 0 Å². The lowest BCUT2D eigenvalue weighted by Gasteiger charge is -2.06. The van der Waals surface area contributed by atoms with Gasteiger partial charge in [0.2, 0.25) is 0 Å². The molecule has 0 aliphatic carbocycles. The van der Waals surface area contributed by atoms with E-state index in [4.69, 9.17) is 4.74 Å². The molecule has 0 unspecified atom stereocenters. The molecular weight excluding hydrogens is 372 g/mol. The number of rotatable bonds is 4. The minimum atomic E-state index is -0.0245. The summed E-state index contributed by atoms with van der Waals surface area (Å²) in [6.07, 6.45) is 0. The summed E-state index contributed by atoms with van der Waals surface area (Å²) in [4.78, 5) is 12.4. The minimum Gasteiger partial charge on any atom is -0.494 e. The molecule has 0 heterocycles. The zero-order valence-electron chi connectivity index (χ0n) is 10.3. The van der Waals surface area contributed by atoms with E-state index in [9.17, 15) is 4.79 Å². The van der Waals surface area contributed by atoms with Gasteiger partial charge in [-0.05, 0) is 37.3 Å². The molecule has 19 heavy (non-hydrogen) atoms. The molecule has 0 saturated carbocycles. The Labute approximate surface area is 129 Å². The van der Waals surface area contributed by atoms with E-state index in [-0.39, 0.29) is 5.78 Å². The Kier molecular flexibility index (Phi) is 4.77. The predicted octanol–water partition coefficient (Wildman–Crippen LogP) is 4.84. The lowest BCUT2D eigenvalue weighted by atomic mass is 10.0. The second kappa shape index (κ2) is 6.35. The quantitative estimate of drug-likeness (QED) is 0.706. The molecule has 0 radical (unpaired) electrons. The summed E-state index contributed by atoms with van der Waals surface area (Å²) in [5.41, 5.74) is 1.26. The van der Waals surface area contributed by atoms with Crippen molar-refractivity contribution in [3.8, 4) is 5.75 Å². The summed E-state index contributed by atoms with van der Waals surface area (Å²) < 4.78 is 7.14. The zero-order chi connectivity index (χ0) is 13.8. The first-order valence-corrected chi connectivity index (χ1v) is 7.42. The molecule has 4 heteroatoms. The van der Waals surface area contributed by atoms with Crippen molar-refractivity contribution in [3.63, 3.8) is 0 Å². The number of halogens is 2. The fourth-order valence-corrected chi connectivity index (χ4v) is 3.04. The standard InChI is InChI=1S/C15H12Br2O2/c1-2-19-14-5-3-4-10(8-14)15(18)11-6-12(16)9-13(17)7-11/h3-9H,2H2,1H3. The summed E-state index contributed by atoms with van der Waals surface area (Å²) in [5, 5.41) is 0. The van der Waals surface area contributed by atoms with Gasteiger partial charge in [0, 0.05) is 20.1 Å². The summed E-state index contributed by atoms with van der Waals surface area (Å²) in [5.74, 6) is 0.686. The maximum Gasteiger partial charge on any atom is 0.193 e. The van der Waals surface area contributed by atoms with Crippen molar-refractivity contribution in [1.29, 1.82) is 0 Å². The molecule has 0 atom stereocenters. The molecule has 0 N–H and O–H groups in total. The average Bonchev–Trinajstić information content (AvgIpc) is 2.37. The third-order valence-electron chi connectivity index (χ3n) is 2.53. The van der Waals surface area contributed by atoms with Gasteiger partial charge in [-0.2, -0.15) is 0 Å². The van der Waals surface area contributed by atoms with Gasteiger partial charge in [0.1, 0.15) is 5.75 Å². The first kappa shape index (κ1) is 14.3. The largest absolute Gasteiger partial charge is 0.494 e. The number of hydrogen-bond donors (Lipinski definition) is 0. The summed E-state index contributed by atoms with van der Waals surface area (Å²) >= 11 is 6.77. The Morgan fingerprint density at radius 2 is 1.74 bits per heavy atom. The van der Waals surface area contributed by atoms with Crippen LogP contribution in [0.5, 0.6) is 5.75 Å².